The minimum Gasteiger partial charge on any atom is -0.322 e. The van der Waals surface area contributed by atoms with Gasteiger partial charge in [0.05, 0.1) is 16.8 Å². The number of fused-ring (bicyclic) bond motifs is 1. The van der Waals surface area contributed by atoms with E-state index in [-0.39, 0.29) is 26.6 Å². The minimum atomic E-state index is -5.12. The van der Waals surface area contributed by atoms with Crippen LogP contribution in [0.4, 0.5) is 17.6 Å². The van der Waals surface area contributed by atoms with Gasteiger partial charge in [-0.05, 0) is 36.4 Å². The van der Waals surface area contributed by atoms with Crippen molar-refractivity contribution in [3.63, 3.8) is 0 Å². The van der Waals surface area contributed by atoms with E-state index in [0.717, 1.165) is 24.3 Å². The summed E-state index contributed by atoms with van der Waals surface area (Å²) in [6.07, 6.45) is -5.12. The third kappa shape index (κ3) is 3.07. The van der Waals surface area contributed by atoms with Gasteiger partial charge in [0.25, 0.3) is 11.8 Å². The first-order valence-corrected chi connectivity index (χ1v) is 8.17. The molecule has 0 saturated heterocycles. The summed E-state index contributed by atoms with van der Waals surface area (Å²) in [5, 5.41) is 6.55. The summed E-state index contributed by atoms with van der Waals surface area (Å²) in [6, 6.07) is 9.32. The number of aromatic nitrogens is 3. The number of alkyl halides is 3. The molecule has 0 bridgehead atoms. The zero-order valence-corrected chi connectivity index (χ0v) is 14.6. The Kier molecular flexibility index (Phi) is 4.33. The minimum absolute atomic E-state index is 0.0596. The van der Waals surface area contributed by atoms with Gasteiger partial charge in [-0.3, -0.25) is 9.59 Å². The highest BCUT2D eigenvalue weighted by Gasteiger charge is 2.45. The Hall–Kier alpha value is -4.09. The first-order chi connectivity index (χ1) is 14.2. The van der Waals surface area contributed by atoms with Crippen LogP contribution >= 0.6 is 0 Å². The molecule has 0 radical (unpaired) electrons. The molecular formula is C18H8F4N4O4. The van der Waals surface area contributed by atoms with Crippen LogP contribution in [0.15, 0.2) is 48.5 Å². The Labute approximate surface area is 164 Å². The van der Waals surface area contributed by atoms with E-state index >= 15 is 0 Å². The number of imide groups is 1. The van der Waals surface area contributed by atoms with Crippen LogP contribution in [0.3, 0.4) is 0 Å². The van der Waals surface area contributed by atoms with Crippen LogP contribution in [0.5, 0.6) is 0 Å². The van der Waals surface area contributed by atoms with Crippen LogP contribution in [0.2, 0.25) is 0 Å². The van der Waals surface area contributed by atoms with Crippen LogP contribution in [0.25, 0.3) is 5.69 Å². The van der Waals surface area contributed by atoms with E-state index in [1.807, 2.05) is 0 Å². The number of carbonyl (C=O) groups is 3. The smallest absolute Gasteiger partial charge is 0.322 e. The number of carbonyl (C=O) groups excluding carboxylic acids is 3. The standard InChI is InChI=1S/C18H8F4N4O4/c19-9-5-7-10(8-6-9)25-14(18(20,21)22)13(23-24-25)17(29)30-26-15(27)11-3-1-2-4-12(11)16(26)28/h1-8H. The van der Waals surface area contributed by atoms with Crippen molar-refractivity contribution in [3.05, 3.63) is 76.9 Å². The molecule has 1 aromatic heterocycles. The molecule has 0 spiro atoms. The molecule has 12 heteroatoms. The Morgan fingerprint density at radius 1 is 0.933 bits per heavy atom. The van der Waals surface area contributed by atoms with Crippen LogP contribution in [-0.2, 0) is 11.0 Å². The summed E-state index contributed by atoms with van der Waals surface area (Å²) in [4.78, 5) is 41.5. The van der Waals surface area contributed by atoms with Gasteiger partial charge in [0.2, 0.25) is 5.69 Å². The predicted molar refractivity (Wildman–Crippen MR) is 88.7 cm³/mol. The first-order valence-electron chi connectivity index (χ1n) is 8.17. The summed E-state index contributed by atoms with van der Waals surface area (Å²) >= 11 is 0. The lowest BCUT2D eigenvalue weighted by Gasteiger charge is -2.13. The van der Waals surface area contributed by atoms with Crippen molar-refractivity contribution >= 4 is 17.8 Å². The van der Waals surface area contributed by atoms with E-state index in [0.29, 0.717) is 0 Å². The second kappa shape index (κ2) is 6.76. The van der Waals surface area contributed by atoms with Gasteiger partial charge in [-0.2, -0.15) is 13.2 Å². The van der Waals surface area contributed by atoms with Gasteiger partial charge in [0.15, 0.2) is 5.69 Å². The van der Waals surface area contributed by atoms with Gasteiger partial charge >= 0.3 is 12.1 Å². The lowest BCUT2D eigenvalue weighted by atomic mass is 10.1. The number of hydrogen-bond donors (Lipinski definition) is 0. The fraction of sp³-hybridized carbons (Fsp3) is 0.0556. The number of rotatable bonds is 3. The number of hydrogen-bond acceptors (Lipinski definition) is 6. The zero-order valence-electron chi connectivity index (χ0n) is 14.6. The quantitative estimate of drug-likeness (QED) is 0.478. The summed E-state index contributed by atoms with van der Waals surface area (Å²) in [6.45, 7) is 0. The molecule has 1 aliphatic rings. The second-order valence-corrected chi connectivity index (χ2v) is 6.00. The molecule has 152 valence electrons. The van der Waals surface area contributed by atoms with Crippen molar-refractivity contribution in [2.75, 3.05) is 0 Å². The SMILES string of the molecule is O=C(ON1C(=O)c2ccccc2C1=O)c1nnn(-c2ccc(F)cc2)c1C(F)(F)F. The van der Waals surface area contributed by atoms with Crippen molar-refractivity contribution in [1.82, 2.24) is 20.1 Å². The van der Waals surface area contributed by atoms with Crippen LogP contribution in [-0.4, -0.2) is 37.8 Å². The first kappa shape index (κ1) is 19.2. The normalized spacial score (nSPS) is 13.5. The molecule has 3 aromatic rings. The van der Waals surface area contributed by atoms with Crippen molar-refractivity contribution in [2.45, 2.75) is 6.18 Å². The monoisotopic (exact) mass is 420 g/mol. The van der Waals surface area contributed by atoms with Crippen molar-refractivity contribution in [1.29, 1.82) is 0 Å². The summed E-state index contributed by atoms with van der Waals surface area (Å²) in [5.74, 6) is -4.44. The number of nitrogens with zero attached hydrogens (tertiary/aromatic N) is 4. The average Bonchev–Trinajstić information content (AvgIpc) is 3.25. The number of benzene rings is 2. The number of halogens is 4. The molecule has 4 rings (SSSR count). The highest BCUT2D eigenvalue weighted by molar-refractivity contribution is 6.21. The molecule has 0 aliphatic carbocycles. The molecule has 2 amide bonds. The molecule has 0 unspecified atom stereocenters. The van der Waals surface area contributed by atoms with E-state index in [1.165, 1.54) is 24.3 Å². The lowest BCUT2D eigenvalue weighted by Crippen LogP contribution is -2.33. The third-order valence-corrected chi connectivity index (χ3v) is 4.13. The largest absolute Gasteiger partial charge is 0.436 e. The van der Waals surface area contributed by atoms with Crippen molar-refractivity contribution in [2.24, 2.45) is 0 Å². The summed E-state index contributed by atoms with van der Waals surface area (Å²) in [5.41, 5.74) is -3.25. The average molecular weight is 420 g/mol. The topological polar surface area (TPSA) is 94.4 Å². The van der Waals surface area contributed by atoms with E-state index in [1.54, 1.807) is 0 Å². The van der Waals surface area contributed by atoms with Crippen molar-refractivity contribution < 1.29 is 36.8 Å². The van der Waals surface area contributed by atoms with Gasteiger partial charge in [-0.25, -0.2) is 13.9 Å². The fourth-order valence-electron chi connectivity index (χ4n) is 2.81. The van der Waals surface area contributed by atoms with E-state index < -0.39 is 41.2 Å². The fourth-order valence-corrected chi connectivity index (χ4v) is 2.81. The van der Waals surface area contributed by atoms with Gasteiger partial charge < -0.3 is 4.84 Å². The van der Waals surface area contributed by atoms with Gasteiger partial charge in [0, 0.05) is 0 Å². The molecular weight excluding hydrogens is 412 g/mol. The third-order valence-electron chi connectivity index (χ3n) is 4.13. The Morgan fingerprint density at radius 2 is 1.50 bits per heavy atom. The highest BCUT2D eigenvalue weighted by Crippen LogP contribution is 2.33. The molecule has 8 nitrogen and oxygen atoms in total. The molecule has 0 fully saturated rings. The maximum atomic E-state index is 13.6. The Morgan fingerprint density at radius 3 is 2.03 bits per heavy atom. The molecule has 30 heavy (non-hydrogen) atoms. The van der Waals surface area contributed by atoms with Crippen LogP contribution < -0.4 is 0 Å². The van der Waals surface area contributed by atoms with Crippen LogP contribution in [0, 0.1) is 5.82 Å². The Bertz CT molecular complexity index is 1150. The maximum absolute atomic E-state index is 13.6. The zero-order chi connectivity index (χ0) is 21.6. The van der Waals surface area contributed by atoms with Gasteiger partial charge in [-0.15, -0.1) is 5.10 Å². The van der Waals surface area contributed by atoms with E-state index in [4.69, 9.17) is 0 Å². The second-order valence-electron chi connectivity index (χ2n) is 6.00. The highest BCUT2D eigenvalue weighted by atomic mass is 19.4. The van der Waals surface area contributed by atoms with Gasteiger partial charge in [-0.1, -0.05) is 22.4 Å². The number of hydroxylamine groups is 2. The van der Waals surface area contributed by atoms with Crippen LogP contribution in [0.1, 0.15) is 36.9 Å². The Balaban J connectivity index is 1.69. The molecule has 0 atom stereocenters. The predicted octanol–water partition coefficient (Wildman–Crippen LogP) is 2.79. The summed E-state index contributed by atoms with van der Waals surface area (Å²) < 4.78 is 54.2. The molecule has 1 aliphatic heterocycles. The maximum Gasteiger partial charge on any atom is 0.436 e. The molecule has 0 saturated carbocycles. The summed E-state index contributed by atoms with van der Waals surface area (Å²) in [7, 11) is 0. The van der Waals surface area contributed by atoms with Gasteiger partial charge in [0.1, 0.15) is 5.82 Å². The molecule has 2 aromatic carbocycles. The lowest BCUT2D eigenvalue weighted by molar-refractivity contribution is -0.143. The molecule has 2 heterocycles. The number of amides is 2. The van der Waals surface area contributed by atoms with E-state index in [2.05, 4.69) is 15.1 Å². The van der Waals surface area contributed by atoms with Crippen molar-refractivity contribution in [3.8, 4) is 5.69 Å². The molecule has 0 N–H and O–H groups in total. The van der Waals surface area contributed by atoms with E-state index in [9.17, 15) is 31.9 Å².